The van der Waals surface area contributed by atoms with E-state index in [-0.39, 0.29) is 11.4 Å². The lowest BCUT2D eigenvalue weighted by Gasteiger charge is -2.08. The van der Waals surface area contributed by atoms with Gasteiger partial charge in [0.25, 0.3) is 0 Å². The zero-order valence-corrected chi connectivity index (χ0v) is 14.0. The fraction of sp³-hybridized carbons (Fsp3) is 0.0588. The molecule has 0 aliphatic rings. The van der Waals surface area contributed by atoms with Gasteiger partial charge in [0.2, 0.25) is 5.91 Å². The molecule has 2 heterocycles. The highest BCUT2D eigenvalue weighted by molar-refractivity contribution is 8.00. The third-order valence-electron chi connectivity index (χ3n) is 3.64. The van der Waals surface area contributed by atoms with Gasteiger partial charge < -0.3 is 5.32 Å². The highest BCUT2D eigenvalue weighted by Crippen LogP contribution is 2.25. The lowest BCUT2D eigenvalue weighted by molar-refractivity contribution is -0.113. The molecule has 130 valence electrons. The molecule has 4 aromatic rings. The van der Waals surface area contributed by atoms with Crippen LogP contribution in [0.25, 0.3) is 16.7 Å². The monoisotopic (exact) mass is 371 g/mol. The fourth-order valence-corrected chi connectivity index (χ4v) is 3.26. The summed E-state index contributed by atoms with van der Waals surface area (Å²) < 4.78 is 28.6. The van der Waals surface area contributed by atoms with Crippen molar-refractivity contribution in [3.05, 3.63) is 60.4 Å². The number of amides is 1. The molecule has 6 nitrogen and oxygen atoms in total. The van der Waals surface area contributed by atoms with Crippen LogP contribution >= 0.6 is 11.8 Å². The summed E-state index contributed by atoms with van der Waals surface area (Å²) in [5.74, 6) is -1.85. The Labute approximate surface area is 150 Å². The summed E-state index contributed by atoms with van der Waals surface area (Å²) in [4.78, 5) is 16.6. The molecule has 1 amide bonds. The molecule has 0 atom stereocenters. The molecular weight excluding hydrogens is 360 g/mol. The number of hydrogen-bond acceptors (Lipinski definition) is 5. The molecule has 0 fully saturated rings. The van der Waals surface area contributed by atoms with Crippen molar-refractivity contribution >= 4 is 40.0 Å². The number of para-hydroxylation sites is 2. The lowest BCUT2D eigenvalue weighted by atomic mass is 10.3. The van der Waals surface area contributed by atoms with E-state index < -0.39 is 17.5 Å². The Balaban J connectivity index is 1.56. The third-order valence-corrected chi connectivity index (χ3v) is 4.60. The molecule has 1 N–H and O–H groups in total. The number of carbonyl (C=O) groups excluding carboxylic acids is 1. The minimum Gasteiger partial charge on any atom is -0.323 e. The highest BCUT2D eigenvalue weighted by atomic mass is 32.2. The van der Waals surface area contributed by atoms with Gasteiger partial charge in [-0.3, -0.25) is 9.20 Å². The van der Waals surface area contributed by atoms with Gasteiger partial charge in [-0.05, 0) is 24.3 Å². The van der Waals surface area contributed by atoms with E-state index in [1.165, 1.54) is 0 Å². The number of thioether (sulfide) groups is 1. The summed E-state index contributed by atoms with van der Waals surface area (Å²) in [5.41, 5.74) is 1.91. The van der Waals surface area contributed by atoms with Crippen LogP contribution in [0.2, 0.25) is 0 Å². The van der Waals surface area contributed by atoms with E-state index in [0.29, 0.717) is 10.7 Å². The van der Waals surface area contributed by atoms with E-state index in [1.54, 1.807) is 10.7 Å². The normalized spacial score (nSPS) is 11.2. The summed E-state index contributed by atoms with van der Waals surface area (Å²) in [6.07, 6.45) is 1.58. The van der Waals surface area contributed by atoms with Crippen LogP contribution in [-0.4, -0.2) is 31.2 Å². The number of carbonyl (C=O) groups is 1. The minimum atomic E-state index is -0.701. The van der Waals surface area contributed by atoms with Crippen LogP contribution in [0.1, 0.15) is 0 Å². The molecule has 9 heteroatoms. The molecule has 2 aromatic heterocycles. The topological polar surface area (TPSA) is 72.2 Å². The number of anilines is 1. The zero-order chi connectivity index (χ0) is 18.1. The Bertz CT molecular complexity index is 1130. The summed E-state index contributed by atoms with van der Waals surface area (Å²) in [6.45, 7) is 0. The van der Waals surface area contributed by atoms with Crippen LogP contribution in [0.5, 0.6) is 0 Å². The van der Waals surface area contributed by atoms with Crippen LogP contribution in [0.15, 0.2) is 53.8 Å². The third kappa shape index (κ3) is 3.08. The first-order valence-electron chi connectivity index (χ1n) is 7.58. The van der Waals surface area contributed by atoms with Crippen molar-refractivity contribution in [2.75, 3.05) is 11.1 Å². The molecule has 0 spiro atoms. The quantitative estimate of drug-likeness (QED) is 0.558. The number of hydrogen-bond donors (Lipinski definition) is 1. The molecule has 26 heavy (non-hydrogen) atoms. The maximum Gasteiger partial charge on any atom is 0.234 e. The summed E-state index contributed by atoms with van der Waals surface area (Å²) >= 11 is 1.14. The van der Waals surface area contributed by atoms with Gasteiger partial charge in [-0.2, -0.15) is 0 Å². The highest BCUT2D eigenvalue weighted by Gasteiger charge is 2.14. The van der Waals surface area contributed by atoms with Crippen molar-refractivity contribution in [2.24, 2.45) is 0 Å². The lowest BCUT2D eigenvalue weighted by Crippen LogP contribution is -2.15. The summed E-state index contributed by atoms with van der Waals surface area (Å²) in [5, 5.41) is 10.8. The molecule has 0 aliphatic carbocycles. The van der Waals surface area contributed by atoms with Crippen molar-refractivity contribution in [3.63, 3.8) is 0 Å². The van der Waals surface area contributed by atoms with E-state index in [9.17, 15) is 13.6 Å². The maximum absolute atomic E-state index is 13.6. The van der Waals surface area contributed by atoms with Crippen LogP contribution in [0.3, 0.4) is 0 Å². The van der Waals surface area contributed by atoms with Crippen molar-refractivity contribution in [1.29, 1.82) is 0 Å². The molecule has 0 bridgehead atoms. The molecule has 0 aliphatic heterocycles. The first-order valence-corrected chi connectivity index (χ1v) is 8.56. The second-order valence-corrected chi connectivity index (χ2v) is 6.36. The number of rotatable bonds is 4. The second-order valence-electron chi connectivity index (χ2n) is 5.39. The van der Waals surface area contributed by atoms with Gasteiger partial charge in [-0.1, -0.05) is 23.9 Å². The van der Waals surface area contributed by atoms with E-state index in [0.717, 1.165) is 41.0 Å². The van der Waals surface area contributed by atoms with Gasteiger partial charge >= 0.3 is 0 Å². The van der Waals surface area contributed by atoms with Crippen LogP contribution in [0, 0.1) is 11.6 Å². The first kappa shape index (κ1) is 16.4. The Morgan fingerprint density at radius 2 is 2.04 bits per heavy atom. The Hall–Kier alpha value is -3.07. The van der Waals surface area contributed by atoms with Gasteiger partial charge in [0, 0.05) is 6.07 Å². The van der Waals surface area contributed by atoms with Crippen molar-refractivity contribution in [3.8, 4) is 0 Å². The summed E-state index contributed by atoms with van der Waals surface area (Å²) in [7, 11) is 0. The molecule has 2 aromatic carbocycles. The molecule has 0 saturated carbocycles. The van der Waals surface area contributed by atoms with Crippen molar-refractivity contribution in [1.82, 2.24) is 19.6 Å². The SMILES string of the molecule is O=C(CSc1nc2ccccc2n2cnnc12)Nc1cc(F)ccc1F. The molecule has 0 saturated heterocycles. The molecule has 4 rings (SSSR count). The van der Waals surface area contributed by atoms with Crippen LogP contribution < -0.4 is 5.32 Å². The average molecular weight is 371 g/mol. The molecular formula is C17H11F2N5OS. The van der Waals surface area contributed by atoms with Gasteiger partial charge in [0.05, 0.1) is 22.5 Å². The largest absolute Gasteiger partial charge is 0.323 e. The second kappa shape index (κ2) is 6.68. The van der Waals surface area contributed by atoms with Gasteiger partial charge in [0.15, 0.2) is 5.65 Å². The molecule has 0 radical (unpaired) electrons. The fourth-order valence-electron chi connectivity index (χ4n) is 2.49. The number of nitrogens with one attached hydrogen (secondary N) is 1. The van der Waals surface area contributed by atoms with E-state index in [2.05, 4.69) is 20.5 Å². The van der Waals surface area contributed by atoms with E-state index in [4.69, 9.17) is 0 Å². The number of nitrogens with zero attached hydrogens (tertiary/aromatic N) is 4. The number of halogens is 2. The maximum atomic E-state index is 13.6. The average Bonchev–Trinajstić information content (AvgIpc) is 3.13. The minimum absolute atomic E-state index is 0.0379. The first-order chi connectivity index (χ1) is 12.6. The van der Waals surface area contributed by atoms with Gasteiger partial charge in [-0.15, -0.1) is 10.2 Å². The Morgan fingerprint density at radius 1 is 1.19 bits per heavy atom. The Kier molecular flexibility index (Phi) is 4.21. The predicted octanol–water partition coefficient (Wildman–Crippen LogP) is 3.29. The van der Waals surface area contributed by atoms with E-state index >= 15 is 0 Å². The van der Waals surface area contributed by atoms with Crippen molar-refractivity contribution < 1.29 is 13.6 Å². The summed E-state index contributed by atoms with van der Waals surface area (Å²) in [6, 6.07) is 10.4. The van der Waals surface area contributed by atoms with Crippen molar-refractivity contribution in [2.45, 2.75) is 5.03 Å². The zero-order valence-electron chi connectivity index (χ0n) is 13.2. The predicted molar refractivity (Wildman–Crippen MR) is 94.0 cm³/mol. The van der Waals surface area contributed by atoms with Gasteiger partial charge in [-0.25, -0.2) is 13.8 Å². The molecule has 0 unspecified atom stereocenters. The van der Waals surface area contributed by atoms with E-state index in [1.807, 2.05) is 24.3 Å². The van der Waals surface area contributed by atoms with Crippen LogP contribution in [0.4, 0.5) is 14.5 Å². The standard InChI is InChI=1S/C17H11F2N5OS/c18-10-5-6-11(19)13(7-10)21-15(25)8-26-17-16-23-20-9-24(16)14-4-2-1-3-12(14)22-17/h1-7,9H,8H2,(H,21,25). The Morgan fingerprint density at radius 3 is 2.92 bits per heavy atom. The van der Waals surface area contributed by atoms with Gasteiger partial charge in [0.1, 0.15) is 23.0 Å². The number of fused-ring (bicyclic) bond motifs is 3. The number of benzene rings is 2. The smallest absolute Gasteiger partial charge is 0.234 e. The van der Waals surface area contributed by atoms with Crippen LogP contribution in [-0.2, 0) is 4.79 Å². The number of aromatic nitrogens is 4.